The molecule has 7 nitrogen and oxygen atoms in total. The largest absolute Gasteiger partial charge is 0.391 e. The van der Waals surface area contributed by atoms with Crippen LogP contribution in [0.3, 0.4) is 0 Å². The molecule has 0 saturated heterocycles. The van der Waals surface area contributed by atoms with Crippen LogP contribution in [-0.4, -0.2) is 15.0 Å². The monoisotopic (exact) mass is 322 g/mol. The summed E-state index contributed by atoms with van der Waals surface area (Å²) < 4.78 is 2.56. The fourth-order valence-corrected chi connectivity index (χ4v) is 3.11. The molecule has 128 valence electrons. The highest BCUT2D eigenvalue weighted by Crippen LogP contribution is 2.26. The van der Waals surface area contributed by atoms with Crippen LogP contribution in [0.1, 0.15) is 52.4 Å². The molecule has 1 aromatic rings. The van der Waals surface area contributed by atoms with E-state index in [2.05, 4.69) is 5.32 Å². The lowest BCUT2D eigenvalue weighted by Crippen LogP contribution is -2.43. The molecule has 0 radical (unpaired) electrons. The first kappa shape index (κ1) is 17.3. The normalized spacial score (nSPS) is 15.0. The summed E-state index contributed by atoms with van der Waals surface area (Å²) in [5, 5.41) is 2.74. The van der Waals surface area contributed by atoms with Crippen molar-refractivity contribution < 1.29 is 4.79 Å². The Bertz CT molecular complexity index is 684. The molecule has 0 aromatic carbocycles. The van der Waals surface area contributed by atoms with Crippen molar-refractivity contribution in [3.63, 3.8) is 0 Å². The van der Waals surface area contributed by atoms with Gasteiger partial charge in [-0.1, -0.05) is 26.7 Å². The van der Waals surface area contributed by atoms with Gasteiger partial charge in [0.25, 0.3) is 5.56 Å². The number of hydrogen-bond donors (Lipinski definition) is 2. The first-order valence-corrected chi connectivity index (χ1v) is 8.45. The molecular formula is C16H26N4O3. The third-order valence-corrected chi connectivity index (χ3v) is 4.32. The van der Waals surface area contributed by atoms with Crippen molar-refractivity contribution in [2.45, 2.75) is 65.5 Å². The topological polar surface area (TPSA) is 99.1 Å². The number of rotatable bonds is 6. The molecule has 2 rings (SSSR count). The first-order chi connectivity index (χ1) is 11.0. The maximum Gasteiger partial charge on any atom is 0.332 e. The van der Waals surface area contributed by atoms with Crippen molar-refractivity contribution in [2.75, 3.05) is 11.1 Å². The Labute approximate surface area is 135 Å². The molecule has 3 N–H and O–H groups in total. The van der Waals surface area contributed by atoms with Crippen LogP contribution in [0.5, 0.6) is 0 Å². The van der Waals surface area contributed by atoms with Gasteiger partial charge in [-0.05, 0) is 25.7 Å². The van der Waals surface area contributed by atoms with Crippen molar-refractivity contribution in [2.24, 2.45) is 5.92 Å². The fourth-order valence-electron chi connectivity index (χ4n) is 3.11. The number of hydrogen-bond acceptors (Lipinski definition) is 4. The summed E-state index contributed by atoms with van der Waals surface area (Å²) >= 11 is 0. The zero-order chi connectivity index (χ0) is 17.0. The molecule has 23 heavy (non-hydrogen) atoms. The molecule has 0 bridgehead atoms. The molecule has 1 aliphatic rings. The van der Waals surface area contributed by atoms with Gasteiger partial charge >= 0.3 is 5.69 Å². The lowest BCUT2D eigenvalue weighted by molar-refractivity contribution is -0.119. The summed E-state index contributed by atoms with van der Waals surface area (Å²) in [7, 11) is 0. The molecule has 1 aromatic heterocycles. The summed E-state index contributed by atoms with van der Waals surface area (Å²) in [4.78, 5) is 37.3. The van der Waals surface area contributed by atoms with Crippen LogP contribution in [0.25, 0.3) is 0 Å². The number of nitrogens with zero attached hydrogens (tertiary/aromatic N) is 2. The zero-order valence-electron chi connectivity index (χ0n) is 13.9. The van der Waals surface area contributed by atoms with Crippen molar-refractivity contribution in [1.82, 2.24) is 9.13 Å². The van der Waals surface area contributed by atoms with E-state index in [4.69, 9.17) is 5.73 Å². The minimum Gasteiger partial charge on any atom is -0.391 e. The Kier molecular flexibility index (Phi) is 5.63. The van der Waals surface area contributed by atoms with Crippen LogP contribution in [-0.2, 0) is 17.9 Å². The van der Waals surface area contributed by atoms with Crippen LogP contribution in [0.4, 0.5) is 11.5 Å². The number of aromatic nitrogens is 2. The predicted octanol–water partition coefficient (Wildman–Crippen LogP) is 1.54. The Morgan fingerprint density at radius 3 is 2.26 bits per heavy atom. The van der Waals surface area contributed by atoms with Crippen LogP contribution >= 0.6 is 0 Å². The number of nitrogen functional groups attached to an aromatic ring is 1. The van der Waals surface area contributed by atoms with E-state index in [-0.39, 0.29) is 23.3 Å². The summed E-state index contributed by atoms with van der Waals surface area (Å²) in [5.41, 5.74) is 4.97. The number of anilines is 2. The molecule has 1 aliphatic carbocycles. The van der Waals surface area contributed by atoms with Gasteiger partial charge < -0.3 is 11.1 Å². The Hall–Kier alpha value is -2.05. The van der Waals surface area contributed by atoms with Gasteiger partial charge in [-0.25, -0.2) is 4.79 Å². The maximum absolute atomic E-state index is 12.6. The van der Waals surface area contributed by atoms with E-state index in [9.17, 15) is 14.4 Å². The molecule has 0 unspecified atom stereocenters. The van der Waals surface area contributed by atoms with E-state index < -0.39 is 11.2 Å². The highest BCUT2D eigenvalue weighted by molar-refractivity contribution is 5.94. The average Bonchev–Trinajstić information content (AvgIpc) is 3.07. The number of amides is 1. The fraction of sp³-hybridized carbons (Fsp3) is 0.688. The number of nitrogens with one attached hydrogen (secondary N) is 1. The highest BCUT2D eigenvalue weighted by Gasteiger charge is 2.25. The van der Waals surface area contributed by atoms with Crippen LogP contribution in [0.2, 0.25) is 0 Å². The van der Waals surface area contributed by atoms with Crippen molar-refractivity contribution in [3.05, 3.63) is 20.8 Å². The minimum absolute atomic E-state index is 0.0575. The van der Waals surface area contributed by atoms with Crippen molar-refractivity contribution in [3.8, 4) is 0 Å². The average molecular weight is 322 g/mol. The maximum atomic E-state index is 12.6. The van der Waals surface area contributed by atoms with Crippen LogP contribution in [0.15, 0.2) is 9.59 Å². The van der Waals surface area contributed by atoms with E-state index in [1.54, 1.807) is 0 Å². The molecule has 1 saturated carbocycles. The van der Waals surface area contributed by atoms with Gasteiger partial charge in [0.2, 0.25) is 5.91 Å². The molecule has 1 heterocycles. The minimum atomic E-state index is -0.522. The zero-order valence-corrected chi connectivity index (χ0v) is 13.9. The SMILES string of the molecule is CCCn1c(NC(=O)C2CCCC2)c(N)c(=O)n(CCC)c1=O. The first-order valence-electron chi connectivity index (χ1n) is 8.45. The number of carbonyl (C=O) groups is 1. The molecule has 7 heteroatoms. The molecule has 0 aliphatic heterocycles. The van der Waals surface area contributed by atoms with Gasteiger partial charge in [-0.2, -0.15) is 0 Å². The Morgan fingerprint density at radius 1 is 1.13 bits per heavy atom. The van der Waals surface area contributed by atoms with Gasteiger partial charge in [0.1, 0.15) is 11.5 Å². The van der Waals surface area contributed by atoms with Crippen molar-refractivity contribution in [1.29, 1.82) is 0 Å². The van der Waals surface area contributed by atoms with Gasteiger partial charge in [0.15, 0.2) is 0 Å². The predicted molar refractivity (Wildman–Crippen MR) is 90.5 cm³/mol. The highest BCUT2D eigenvalue weighted by atomic mass is 16.2. The molecule has 1 amide bonds. The van der Waals surface area contributed by atoms with E-state index in [1.807, 2.05) is 13.8 Å². The van der Waals surface area contributed by atoms with Gasteiger partial charge in [-0.3, -0.25) is 18.7 Å². The van der Waals surface area contributed by atoms with E-state index in [0.29, 0.717) is 25.9 Å². The smallest absolute Gasteiger partial charge is 0.332 e. The summed E-state index contributed by atoms with van der Waals surface area (Å²) in [5.74, 6) is -0.0464. The lowest BCUT2D eigenvalue weighted by atomic mass is 10.1. The quantitative estimate of drug-likeness (QED) is 0.830. The van der Waals surface area contributed by atoms with E-state index >= 15 is 0 Å². The number of carbonyl (C=O) groups excluding carboxylic acids is 1. The van der Waals surface area contributed by atoms with E-state index in [0.717, 1.165) is 30.3 Å². The third kappa shape index (κ3) is 3.48. The Balaban J connectivity index is 2.46. The summed E-state index contributed by atoms with van der Waals surface area (Å²) in [6.45, 7) is 4.55. The number of nitrogens with two attached hydrogens (primary N) is 1. The van der Waals surface area contributed by atoms with Gasteiger partial charge in [-0.15, -0.1) is 0 Å². The molecule has 1 fully saturated rings. The second-order valence-corrected chi connectivity index (χ2v) is 6.12. The molecular weight excluding hydrogens is 296 g/mol. The second kappa shape index (κ2) is 7.48. The Morgan fingerprint density at radius 2 is 1.70 bits per heavy atom. The summed E-state index contributed by atoms with van der Waals surface area (Å²) in [6, 6.07) is 0. The standard InChI is InChI=1S/C16H26N4O3/c1-3-9-19-13(18-14(21)11-7-5-6-8-11)12(17)15(22)20(10-4-2)16(19)23/h11H,3-10,17H2,1-2H3,(H,18,21). The van der Waals surface area contributed by atoms with Gasteiger partial charge in [0, 0.05) is 19.0 Å². The third-order valence-electron chi connectivity index (χ3n) is 4.32. The van der Waals surface area contributed by atoms with Crippen LogP contribution in [0, 0.1) is 5.92 Å². The molecule has 0 spiro atoms. The van der Waals surface area contributed by atoms with Crippen LogP contribution < -0.4 is 22.3 Å². The summed E-state index contributed by atoms with van der Waals surface area (Å²) in [6.07, 6.45) is 5.12. The van der Waals surface area contributed by atoms with Crippen molar-refractivity contribution >= 4 is 17.4 Å². The van der Waals surface area contributed by atoms with Gasteiger partial charge in [0.05, 0.1) is 0 Å². The second-order valence-electron chi connectivity index (χ2n) is 6.12. The van der Waals surface area contributed by atoms with E-state index in [1.165, 1.54) is 4.57 Å². The lowest BCUT2D eigenvalue weighted by Gasteiger charge is -2.19. The molecule has 0 atom stereocenters.